The average Bonchev–Trinajstić information content (AvgIpc) is 2.72. The van der Waals surface area contributed by atoms with Crippen LogP contribution in [0.2, 0.25) is 0 Å². The van der Waals surface area contributed by atoms with E-state index in [2.05, 4.69) is 61.9 Å². The first kappa shape index (κ1) is 11.3. The summed E-state index contributed by atoms with van der Waals surface area (Å²) >= 11 is 0. The molecule has 3 aromatic rings. The highest BCUT2D eigenvalue weighted by Crippen LogP contribution is 2.31. The smallest absolute Gasteiger partial charge is 0.0491 e. The summed E-state index contributed by atoms with van der Waals surface area (Å²) in [6, 6.07) is 13.5. The molecule has 0 bridgehead atoms. The van der Waals surface area contributed by atoms with Crippen LogP contribution in [0.4, 0.5) is 0 Å². The minimum Gasteiger partial charge on any atom is -0.344 e. The van der Waals surface area contributed by atoms with Crippen LogP contribution in [0, 0.1) is 0 Å². The van der Waals surface area contributed by atoms with Gasteiger partial charge in [0.05, 0.1) is 0 Å². The Morgan fingerprint density at radius 2 is 1.78 bits per heavy atom. The van der Waals surface area contributed by atoms with Gasteiger partial charge in [-0.1, -0.05) is 38.1 Å². The zero-order chi connectivity index (χ0) is 12.7. The van der Waals surface area contributed by atoms with Gasteiger partial charge in [-0.25, -0.2) is 0 Å². The molecule has 1 aromatic heterocycles. The van der Waals surface area contributed by atoms with Crippen LogP contribution < -0.4 is 0 Å². The van der Waals surface area contributed by atoms with E-state index in [0.29, 0.717) is 0 Å². The molecule has 3 rings (SSSR count). The van der Waals surface area contributed by atoms with Crippen molar-refractivity contribution in [1.82, 2.24) is 4.57 Å². The van der Waals surface area contributed by atoms with E-state index < -0.39 is 0 Å². The maximum Gasteiger partial charge on any atom is 0.0491 e. The first-order valence-corrected chi connectivity index (χ1v) is 6.75. The van der Waals surface area contributed by atoms with Crippen LogP contribution in [0.1, 0.15) is 25.0 Å². The summed E-state index contributed by atoms with van der Waals surface area (Å²) < 4.78 is 2.32. The van der Waals surface area contributed by atoms with Crippen LogP contribution in [-0.4, -0.2) is 4.57 Å². The Morgan fingerprint density at radius 3 is 2.50 bits per heavy atom. The number of rotatable bonds is 2. The number of aryl methyl sites for hydroxylation is 3. The Morgan fingerprint density at radius 1 is 0.944 bits per heavy atom. The van der Waals surface area contributed by atoms with Gasteiger partial charge < -0.3 is 4.57 Å². The van der Waals surface area contributed by atoms with E-state index in [1.807, 2.05) is 0 Å². The highest BCUT2D eigenvalue weighted by molar-refractivity contribution is 6.09. The topological polar surface area (TPSA) is 4.93 Å². The average molecular weight is 237 g/mol. The third-order valence-electron chi connectivity index (χ3n) is 3.97. The fourth-order valence-electron chi connectivity index (χ4n) is 2.89. The van der Waals surface area contributed by atoms with Gasteiger partial charge in [-0.2, -0.15) is 0 Å². The van der Waals surface area contributed by atoms with Gasteiger partial charge in [0, 0.05) is 28.9 Å². The molecule has 18 heavy (non-hydrogen) atoms. The first-order chi connectivity index (χ1) is 8.76. The number of fused-ring (bicyclic) bond motifs is 3. The molecule has 1 nitrogen and oxygen atoms in total. The van der Waals surface area contributed by atoms with Gasteiger partial charge in [-0.05, 0) is 36.1 Å². The number of aromatic nitrogens is 1. The molecular formula is C17H19N. The molecule has 1 heterocycles. The van der Waals surface area contributed by atoms with Crippen molar-refractivity contribution in [2.45, 2.75) is 26.7 Å². The van der Waals surface area contributed by atoms with Crippen LogP contribution in [0.3, 0.4) is 0 Å². The standard InChI is InChI=1S/C17H19N/c1-4-12-9-10-14-16(11-12)18(3)15-8-6-7-13(5-2)17(14)15/h6-11H,4-5H2,1-3H3. The lowest BCUT2D eigenvalue weighted by molar-refractivity contribution is 1.01. The molecule has 0 atom stereocenters. The molecule has 1 heteroatoms. The van der Waals surface area contributed by atoms with Crippen molar-refractivity contribution in [3.8, 4) is 0 Å². The van der Waals surface area contributed by atoms with Crippen LogP contribution in [0.25, 0.3) is 21.8 Å². The van der Waals surface area contributed by atoms with E-state index in [-0.39, 0.29) is 0 Å². The van der Waals surface area contributed by atoms with Crippen LogP contribution in [0.5, 0.6) is 0 Å². The molecule has 0 saturated heterocycles. The maximum absolute atomic E-state index is 2.33. The second-order valence-corrected chi connectivity index (χ2v) is 4.93. The second-order valence-electron chi connectivity index (χ2n) is 4.93. The molecule has 0 unspecified atom stereocenters. The Labute approximate surface area is 108 Å². The molecule has 0 saturated carbocycles. The summed E-state index contributed by atoms with van der Waals surface area (Å²) in [6.07, 6.45) is 2.18. The summed E-state index contributed by atoms with van der Waals surface area (Å²) in [4.78, 5) is 0. The van der Waals surface area contributed by atoms with Crippen LogP contribution >= 0.6 is 0 Å². The van der Waals surface area contributed by atoms with Crippen molar-refractivity contribution in [2.24, 2.45) is 7.05 Å². The van der Waals surface area contributed by atoms with E-state index in [0.717, 1.165) is 12.8 Å². The molecule has 92 valence electrons. The number of hydrogen-bond acceptors (Lipinski definition) is 0. The molecule has 0 aliphatic rings. The maximum atomic E-state index is 2.33. The molecule has 0 aliphatic heterocycles. The summed E-state index contributed by atoms with van der Waals surface area (Å²) in [5.41, 5.74) is 5.55. The zero-order valence-corrected chi connectivity index (χ0v) is 11.3. The molecule has 0 N–H and O–H groups in total. The quantitative estimate of drug-likeness (QED) is 0.620. The van der Waals surface area contributed by atoms with Crippen molar-refractivity contribution in [3.63, 3.8) is 0 Å². The molecular weight excluding hydrogens is 218 g/mol. The van der Waals surface area contributed by atoms with E-state index in [4.69, 9.17) is 0 Å². The lowest BCUT2D eigenvalue weighted by Gasteiger charge is -2.00. The monoisotopic (exact) mass is 237 g/mol. The van der Waals surface area contributed by atoms with Crippen molar-refractivity contribution in [1.29, 1.82) is 0 Å². The Bertz CT molecular complexity index is 719. The van der Waals surface area contributed by atoms with Crippen LogP contribution in [0.15, 0.2) is 36.4 Å². The summed E-state index contributed by atoms with van der Waals surface area (Å²) in [6.45, 7) is 4.44. The minimum absolute atomic E-state index is 1.09. The summed E-state index contributed by atoms with van der Waals surface area (Å²) in [5, 5.41) is 2.82. The van der Waals surface area contributed by atoms with Gasteiger partial charge in [-0.3, -0.25) is 0 Å². The number of nitrogens with zero attached hydrogens (tertiary/aromatic N) is 1. The van der Waals surface area contributed by atoms with Gasteiger partial charge in [0.25, 0.3) is 0 Å². The largest absolute Gasteiger partial charge is 0.344 e. The third kappa shape index (κ3) is 1.47. The van der Waals surface area contributed by atoms with Gasteiger partial charge >= 0.3 is 0 Å². The van der Waals surface area contributed by atoms with Crippen LogP contribution in [-0.2, 0) is 19.9 Å². The third-order valence-corrected chi connectivity index (χ3v) is 3.97. The van der Waals surface area contributed by atoms with Crippen molar-refractivity contribution in [3.05, 3.63) is 47.5 Å². The zero-order valence-electron chi connectivity index (χ0n) is 11.3. The fraction of sp³-hybridized carbons (Fsp3) is 0.294. The Hall–Kier alpha value is -1.76. The fourth-order valence-corrected chi connectivity index (χ4v) is 2.89. The van der Waals surface area contributed by atoms with Gasteiger partial charge in [-0.15, -0.1) is 0 Å². The van der Waals surface area contributed by atoms with E-state index in [1.54, 1.807) is 0 Å². The Kier molecular flexibility index (Phi) is 2.62. The predicted molar refractivity (Wildman–Crippen MR) is 79.2 cm³/mol. The molecule has 2 aromatic carbocycles. The molecule has 0 aliphatic carbocycles. The highest BCUT2D eigenvalue weighted by Gasteiger charge is 2.10. The normalized spacial score (nSPS) is 11.5. The van der Waals surface area contributed by atoms with E-state index in [9.17, 15) is 0 Å². The number of benzene rings is 2. The van der Waals surface area contributed by atoms with E-state index in [1.165, 1.54) is 32.9 Å². The highest BCUT2D eigenvalue weighted by atomic mass is 14.9. The van der Waals surface area contributed by atoms with Gasteiger partial charge in [0.2, 0.25) is 0 Å². The predicted octanol–water partition coefficient (Wildman–Crippen LogP) is 4.46. The summed E-state index contributed by atoms with van der Waals surface area (Å²) in [5.74, 6) is 0. The molecule has 0 fully saturated rings. The molecule has 0 amide bonds. The number of hydrogen-bond donors (Lipinski definition) is 0. The molecule has 0 spiro atoms. The van der Waals surface area contributed by atoms with Gasteiger partial charge in [0.1, 0.15) is 0 Å². The van der Waals surface area contributed by atoms with Crippen molar-refractivity contribution >= 4 is 21.8 Å². The van der Waals surface area contributed by atoms with Gasteiger partial charge in [0.15, 0.2) is 0 Å². The minimum atomic E-state index is 1.09. The second kappa shape index (κ2) is 4.16. The van der Waals surface area contributed by atoms with Crippen molar-refractivity contribution < 1.29 is 0 Å². The lowest BCUT2D eigenvalue weighted by Crippen LogP contribution is -1.88. The Balaban J connectivity index is 2.50. The lowest BCUT2D eigenvalue weighted by atomic mass is 10.0. The SMILES string of the molecule is CCc1ccc2c3c(CC)cccc3n(C)c2c1. The molecule has 0 radical (unpaired) electrons. The van der Waals surface area contributed by atoms with E-state index >= 15 is 0 Å². The van der Waals surface area contributed by atoms with Crippen molar-refractivity contribution in [2.75, 3.05) is 0 Å². The first-order valence-electron chi connectivity index (χ1n) is 6.75. The summed E-state index contributed by atoms with van der Waals surface area (Å²) in [7, 11) is 2.17.